The molecular weight excluding hydrogens is 208 g/mol. The monoisotopic (exact) mass is 230 g/mol. The molecule has 1 amide bonds. The number of amides is 1. The molecule has 1 unspecified atom stereocenters. The fraction of sp³-hybridized carbons (Fsp3) is 0.818. The number of carbonyl (C=O) groups is 2. The van der Waals surface area contributed by atoms with Crippen molar-refractivity contribution in [2.24, 2.45) is 11.7 Å². The topological polar surface area (TPSA) is 92.4 Å². The molecule has 94 valence electrons. The lowest BCUT2D eigenvalue weighted by Gasteiger charge is -2.18. The van der Waals surface area contributed by atoms with Crippen LogP contribution in [0, 0.1) is 5.92 Å². The van der Waals surface area contributed by atoms with Gasteiger partial charge in [-0.25, -0.2) is 0 Å². The lowest BCUT2D eigenvalue weighted by Crippen LogP contribution is -2.41. The molecule has 0 bridgehead atoms. The van der Waals surface area contributed by atoms with Crippen LogP contribution in [-0.2, 0) is 9.59 Å². The molecule has 5 nitrogen and oxygen atoms in total. The Hall–Kier alpha value is -1.10. The summed E-state index contributed by atoms with van der Waals surface area (Å²) < 4.78 is 0. The van der Waals surface area contributed by atoms with Crippen molar-refractivity contribution in [3.05, 3.63) is 0 Å². The molecule has 0 fully saturated rings. The zero-order chi connectivity index (χ0) is 12.8. The second-order valence-electron chi connectivity index (χ2n) is 4.79. The van der Waals surface area contributed by atoms with Gasteiger partial charge in [-0.2, -0.15) is 0 Å². The van der Waals surface area contributed by atoms with Gasteiger partial charge in [0.15, 0.2) is 0 Å². The van der Waals surface area contributed by atoms with Crippen LogP contribution in [0.5, 0.6) is 0 Å². The number of hydrogen-bond acceptors (Lipinski definition) is 3. The smallest absolute Gasteiger partial charge is 0.308 e. The van der Waals surface area contributed by atoms with E-state index in [1.807, 2.05) is 6.92 Å². The standard InChI is InChI=1S/C11H22N2O3/c1-4-5-8(10(15)16)7-13-9(14)6-11(2,3)12/h8H,4-7,12H2,1-3H3,(H,13,14)(H,15,16). The molecule has 0 rings (SSSR count). The quantitative estimate of drug-likeness (QED) is 0.601. The highest BCUT2D eigenvalue weighted by Crippen LogP contribution is 2.06. The van der Waals surface area contributed by atoms with Crippen molar-refractivity contribution in [1.82, 2.24) is 5.32 Å². The predicted octanol–water partition coefficient (Wildman–Crippen LogP) is 0.731. The number of carboxylic acids is 1. The molecule has 0 spiro atoms. The summed E-state index contributed by atoms with van der Waals surface area (Å²) in [6, 6.07) is 0. The van der Waals surface area contributed by atoms with E-state index >= 15 is 0 Å². The molecule has 0 aromatic rings. The predicted molar refractivity (Wildman–Crippen MR) is 61.9 cm³/mol. The molecule has 0 radical (unpaired) electrons. The minimum absolute atomic E-state index is 0.179. The molecule has 0 saturated heterocycles. The molecule has 0 heterocycles. The van der Waals surface area contributed by atoms with Crippen LogP contribution < -0.4 is 11.1 Å². The van der Waals surface area contributed by atoms with Crippen molar-refractivity contribution in [3.8, 4) is 0 Å². The Morgan fingerprint density at radius 1 is 1.44 bits per heavy atom. The third-order valence-corrected chi connectivity index (χ3v) is 2.15. The summed E-state index contributed by atoms with van der Waals surface area (Å²) in [5.41, 5.74) is 5.12. The van der Waals surface area contributed by atoms with Gasteiger partial charge >= 0.3 is 5.97 Å². The SMILES string of the molecule is CCCC(CNC(=O)CC(C)(C)N)C(=O)O. The Bertz CT molecular complexity index is 246. The van der Waals surface area contributed by atoms with E-state index in [4.69, 9.17) is 10.8 Å². The molecule has 0 aliphatic heterocycles. The molecule has 0 aromatic heterocycles. The third-order valence-electron chi connectivity index (χ3n) is 2.15. The highest BCUT2D eigenvalue weighted by atomic mass is 16.4. The van der Waals surface area contributed by atoms with E-state index in [0.29, 0.717) is 6.42 Å². The summed E-state index contributed by atoms with van der Waals surface area (Å²) in [5.74, 6) is -1.57. The minimum Gasteiger partial charge on any atom is -0.481 e. The summed E-state index contributed by atoms with van der Waals surface area (Å²) in [4.78, 5) is 22.2. The molecule has 0 saturated carbocycles. The Morgan fingerprint density at radius 3 is 2.38 bits per heavy atom. The van der Waals surface area contributed by atoms with Gasteiger partial charge in [-0.3, -0.25) is 9.59 Å². The molecule has 4 N–H and O–H groups in total. The van der Waals surface area contributed by atoms with Crippen molar-refractivity contribution in [1.29, 1.82) is 0 Å². The fourth-order valence-corrected chi connectivity index (χ4v) is 1.37. The Kier molecular flexibility index (Phi) is 6.03. The zero-order valence-corrected chi connectivity index (χ0v) is 10.2. The number of nitrogens with one attached hydrogen (secondary N) is 1. The van der Waals surface area contributed by atoms with Crippen molar-refractivity contribution >= 4 is 11.9 Å². The second-order valence-corrected chi connectivity index (χ2v) is 4.79. The molecule has 5 heteroatoms. The van der Waals surface area contributed by atoms with Gasteiger partial charge in [0, 0.05) is 18.5 Å². The zero-order valence-electron chi connectivity index (χ0n) is 10.2. The molecule has 0 aliphatic rings. The molecule has 1 atom stereocenters. The van der Waals surface area contributed by atoms with Crippen molar-refractivity contribution in [3.63, 3.8) is 0 Å². The van der Waals surface area contributed by atoms with Gasteiger partial charge in [-0.15, -0.1) is 0 Å². The first kappa shape index (κ1) is 14.9. The summed E-state index contributed by atoms with van der Waals surface area (Å²) >= 11 is 0. The maximum atomic E-state index is 11.4. The fourth-order valence-electron chi connectivity index (χ4n) is 1.37. The summed E-state index contributed by atoms with van der Waals surface area (Å²) in [6.07, 6.45) is 1.56. The largest absolute Gasteiger partial charge is 0.481 e. The maximum absolute atomic E-state index is 11.4. The van der Waals surface area contributed by atoms with Gasteiger partial charge in [0.25, 0.3) is 0 Å². The molecular formula is C11H22N2O3. The van der Waals surface area contributed by atoms with Gasteiger partial charge in [-0.05, 0) is 20.3 Å². The molecule has 0 aromatic carbocycles. The molecule has 0 aliphatic carbocycles. The Morgan fingerprint density at radius 2 is 2.00 bits per heavy atom. The van der Waals surface area contributed by atoms with Crippen LogP contribution in [0.3, 0.4) is 0 Å². The highest BCUT2D eigenvalue weighted by molar-refractivity contribution is 5.78. The average Bonchev–Trinajstić information content (AvgIpc) is 2.08. The van der Waals surface area contributed by atoms with Crippen LogP contribution >= 0.6 is 0 Å². The number of aliphatic carboxylic acids is 1. The van der Waals surface area contributed by atoms with E-state index in [1.165, 1.54) is 0 Å². The van der Waals surface area contributed by atoms with Crippen LogP contribution in [0.1, 0.15) is 40.0 Å². The van der Waals surface area contributed by atoms with Crippen molar-refractivity contribution < 1.29 is 14.7 Å². The van der Waals surface area contributed by atoms with Crippen LogP contribution in [0.4, 0.5) is 0 Å². The highest BCUT2D eigenvalue weighted by Gasteiger charge is 2.20. The van der Waals surface area contributed by atoms with Gasteiger partial charge in [0.05, 0.1) is 5.92 Å². The van der Waals surface area contributed by atoms with E-state index in [2.05, 4.69) is 5.32 Å². The van der Waals surface area contributed by atoms with E-state index < -0.39 is 17.4 Å². The number of nitrogens with two attached hydrogens (primary N) is 1. The first-order valence-electron chi connectivity index (χ1n) is 5.54. The van der Waals surface area contributed by atoms with Crippen LogP contribution in [0.15, 0.2) is 0 Å². The molecule has 16 heavy (non-hydrogen) atoms. The second kappa shape index (κ2) is 6.48. The van der Waals surface area contributed by atoms with Gasteiger partial charge in [0.1, 0.15) is 0 Å². The Labute approximate surface area is 96.4 Å². The number of hydrogen-bond donors (Lipinski definition) is 3. The lowest BCUT2D eigenvalue weighted by molar-refractivity contribution is -0.141. The van der Waals surface area contributed by atoms with Gasteiger partial charge < -0.3 is 16.2 Å². The van der Waals surface area contributed by atoms with Gasteiger partial charge in [0.2, 0.25) is 5.91 Å². The maximum Gasteiger partial charge on any atom is 0.308 e. The van der Waals surface area contributed by atoms with E-state index in [0.717, 1.165) is 6.42 Å². The van der Waals surface area contributed by atoms with Crippen LogP contribution in [0.25, 0.3) is 0 Å². The first-order valence-corrected chi connectivity index (χ1v) is 5.54. The van der Waals surface area contributed by atoms with Crippen molar-refractivity contribution in [2.45, 2.75) is 45.6 Å². The van der Waals surface area contributed by atoms with Crippen LogP contribution in [-0.4, -0.2) is 29.1 Å². The number of carbonyl (C=O) groups excluding carboxylic acids is 1. The lowest BCUT2D eigenvalue weighted by atomic mass is 10.0. The van der Waals surface area contributed by atoms with Crippen molar-refractivity contribution in [2.75, 3.05) is 6.54 Å². The summed E-state index contributed by atoms with van der Waals surface area (Å²) in [6.45, 7) is 5.61. The van der Waals surface area contributed by atoms with E-state index in [1.54, 1.807) is 13.8 Å². The number of carboxylic acid groups (broad SMARTS) is 1. The third kappa shape index (κ3) is 7.23. The van der Waals surface area contributed by atoms with Crippen LogP contribution in [0.2, 0.25) is 0 Å². The first-order chi connectivity index (χ1) is 7.26. The minimum atomic E-state index is -0.867. The van der Waals surface area contributed by atoms with Gasteiger partial charge in [-0.1, -0.05) is 13.3 Å². The Balaban J connectivity index is 4.01. The van der Waals surface area contributed by atoms with E-state index in [9.17, 15) is 9.59 Å². The summed E-state index contributed by atoms with van der Waals surface area (Å²) in [7, 11) is 0. The normalized spacial score (nSPS) is 13.2. The van der Waals surface area contributed by atoms with E-state index in [-0.39, 0.29) is 18.9 Å². The number of rotatable bonds is 7. The summed E-state index contributed by atoms with van der Waals surface area (Å²) in [5, 5.41) is 11.5. The average molecular weight is 230 g/mol.